The van der Waals surface area contributed by atoms with Crippen LogP contribution in [0.25, 0.3) is 45.0 Å². The van der Waals surface area contributed by atoms with E-state index in [0.717, 1.165) is 44.5 Å². The van der Waals surface area contributed by atoms with Crippen molar-refractivity contribution in [2.75, 3.05) is 0 Å². The number of allylic oxidation sites excluding steroid dienone is 1. The molecule has 4 heterocycles. The third-order valence-corrected chi connectivity index (χ3v) is 6.26. The van der Waals surface area contributed by atoms with Gasteiger partial charge in [0.1, 0.15) is 5.52 Å². The maximum absolute atomic E-state index is 13.5. The van der Waals surface area contributed by atoms with Crippen LogP contribution in [-0.2, 0) is 19.6 Å². The summed E-state index contributed by atoms with van der Waals surface area (Å²) >= 11 is 0. The zero-order valence-corrected chi connectivity index (χ0v) is 18.7. The molecule has 0 radical (unpaired) electrons. The van der Waals surface area contributed by atoms with E-state index in [4.69, 9.17) is 4.98 Å². The van der Waals surface area contributed by atoms with Crippen LogP contribution < -0.4 is 11.2 Å². The van der Waals surface area contributed by atoms with Crippen LogP contribution in [-0.4, -0.2) is 24.1 Å². The summed E-state index contributed by atoms with van der Waals surface area (Å²) in [5.41, 5.74) is 1.48. The molecule has 0 aliphatic heterocycles. The molecule has 1 aliphatic carbocycles. The van der Waals surface area contributed by atoms with Crippen LogP contribution in [0, 0.1) is 0 Å². The Balaban J connectivity index is 1.70. The maximum Gasteiger partial charge on any atom is 0.416 e. The van der Waals surface area contributed by atoms with E-state index in [1.54, 1.807) is 18.3 Å². The summed E-state index contributed by atoms with van der Waals surface area (Å²) < 4.78 is 42.3. The molecule has 6 rings (SSSR count). The van der Waals surface area contributed by atoms with E-state index in [-0.39, 0.29) is 22.1 Å². The molecule has 36 heavy (non-hydrogen) atoms. The minimum absolute atomic E-state index is 0.0422. The zero-order valence-electron chi connectivity index (χ0n) is 18.7. The lowest BCUT2D eigenvalue weighted by atomic mass is 10.1. The molecule has 10 heteroatoms. The van der Waals surface area contributed by atoms with Crippen molar-refractivity contribution in [2.24, 2.45) is 7.05 Å². The molecule has 1 aromatic carbocycles. The number of rotatable bonds is 2. The van der Waals surface area contributed by atoms with Crippen LogP contribution in [0.1, 0.15) is 16.8 Å². The predicted molar refractivity (Wildman–Crippen MR) is 129 cm³/mol. The van der Waals surface area contributed by atoms with Gasteiger partial charge in [0.25, 0.3) is 5.56 Å². The SMILES string of the molecule is Cn1c(=O)c2cnc3ccc(-c4cnc5c(c4)C=CC5)nc3c2n(-c2cccc(C(F)(F)F)c2)c1=O. The number of hydrogen-bond donors (Lipinski definition) is 0. The average Bonchev–Trinajstić information content (AvgIpc) is 3.35. The van der Waals surface area contributed by atoms with E-state index in [0.29, 0.717) is 11.2 Å². The molecule has 7 nitrogen and oxygen atoms in total. The van der Waals surface area contributed by atoms with Crippen molar-refractivity contribution in [2.45, 2.75) is 12.6 Å². The number of fused-ring (bicyclic) bond motifs is 4. The standard InChI is InChI=1S/C26H16F3N5O2/c1-33-24(35)18-13-31-21-9-8-20(15-10-14-4-2-7-19(14)30-12-15)32-22(21)23(18)34(25(33)36)17-6-3-5-16(11-17)26(27,28)29/h2-6,8-13H,7H2,1H3. The van der Waals surface area contributed by atoms with E-state index in [1.807, 2.05) is 18.2 Å². The smallest absolute Gasteiger partial charge is 0.268 e. The summed E-state index contributed by atoms with van der Waals surface area (Å²) in [6.07, 6.45) is 3.13. The van der Waals surface area contributed by atoms with Gasteiger partial charge < -0.3 is 0 Å². The number of alkyl halides is 3. The lowest BCUT2D eigenvalue weighted by Gasteiger charge is -2.15. The van der Waals surface area contributed by atoms with Crippen LogP contribution in [0.5, 0.6) is 0 Å². The lowest BCUT2D eigenvalue weighted by molar-refractivity contribution is -0.137. The molecule has 178 valence electrons. The van der Waals surface area contributed by atoms with Gasteiger partial charge in [-0.05, 0) is 42.0 Å². The Kier molecular flexibility index (Phi) is 4.69. The van der Waals surface area contributed by atoms with Gasteiger partial charge in [-0.25, -0.2) is 9.78 Å². The third kappa shape index (κ3) is 3.33. The Labute approximate surface area is 200 Å². The van der Waals surface area contributed by atoms with E-state index in [2.05, 4.69) is 9.97 Å². The van der Waals surface area contributed by atoms with Crippen LogP contribution in [0.4, 0.5) is 13.2 Å². The van der Waals surface area contributed by atoms with Gasteiger partial charge >= 0.3 is 11.9 Å². The van der Waals surface area contributed by atoms with Crippen molar-refractivity contribution >= 4 is 28.0 Å². The van der Waals surface area contributed by atoms with Gasteiger partial charge in [-0.2, -0.15) is 13.2 Å². The van der Waals surface area contributed by atoms with E-state index < -0.39 is 23.0 Å². The predicted octanol–water partition coefficient (Wildman–Crippen LogP) is 4.28. The average molecular weight is 487 g/mol. The topological polar surface area (TPSA) is 82.7 Å². The Morgan fingerprint density at radius 2 is 1.83 bits per heavy atom. The highest BCUT2D eigenvalue weighted by molar-refractivity contribution is 6.01. The molecule has 0 bridgehead atoms. The molecule has 0 saturated carbocycles. The molecule has 4 aromatic heterocycles. The van der Waals surface area contributed by atoms with Crippen LogP contribution >= 0.6 is 0 Å². The van der Waals surface area contributed by atoms with Crippen molar-refractivity contribution < 1.29 is 13.2 Å². The fourth-order valence-electron chi connectivity index (χ4n) is 4.43. The van der Waals surface area contributed by atoms with Crippen LogP contribution in [0.3, 0.4) is 0 Å². The molecular weight excluding hydrogens is 471 g/mol. The molecule has 0 N–H and O–H groups in total. The molecule has 0 saturated heterocycles. The normalized spacial score (nSPS) is 13.0. The van der Waals surface area contributed by atoms with E-state index in [9.17, 15) is 22.8 Å². The van der Waals surface area contributed by atoms with Crippen molar-refractivity contribution in [3.63, 3.8) is 0 Å². The van der Waals surface area contributed by atoms with Crippen LogP contribution in [0.2, 0.25) is 0 Å². The van der Waals surface area contributed by atoms with E-state index in [1.165, 1.54) is 25.4 Å². The largest absolute Gasteiger partial charge is 0.416 e. The molecular formula is C26H16F3N5O2. The monoisotopic (exact) mass is 487 g/mol. The highest BCUT2D eigenvalue weighted by Crippen LogP contribution is 2.32. The van der Waals surface area contributed by atoms with Gasteiger partial charge in [-0.1, -0.05) is 18.2 Å². The fraction of sp³-hybridized carbons (Fsp3) is 0.115. The van der Waals surface area contributed by atoms with Crippen molar-refractivity contribution in [3.05, 3.63) is 98.6 Å². The molecule has 0 amide bonds. The first kappa shape index (κ1) is 21.9. The molecule has 5 aromatic rings. The summed E-state index contributed by atoms with van der Waals surface area (Å²) in [7, 11) is 1.27. The zero-order chi connectivity index (χ0) is 25.2. The molecule has 0 unspecified atom stereocenters. The third-order valence-electron chi connectivity index (χ3n) is 6.26. The van der Waals surface area contributed by atoms with Crippen molar-refractivity contribution in [1.82, 2.24) is 24.1 Å². The highest BCUT2D eigenvalue weighted by Gasteiger charge is 2.31. The second-order valence-corrected chi connectivity index (χ2v) is 8.48. The number of pyridine rings is 3. The van der Waals surface area contributed by atoms with E-state index >= 15 is 0 Å². The first-order valence-electron chi connectivity index (χ1n) is 11.0. The molecule has 0 atom stereocenters. The van der Waals surface area contributed by atoms with Gasteiger partial charge in [0.05, 0.1) is 39.1 Å². The van der Waals surface area contributed by atoms with Crippen LogP contribution in [0.15, 0.2) is 70.5 Å². The number of nitrogens with zero attached hydrogens (tertiary/aromatic N) is 5. The Morgan fingerprint density at radius 1 is 1.00 bits per heavy atom. The molecule has 1 aliphatic rings. The number of benzene rings is 1. The van der Waals surface area contributed by atoms with Crippen molar-refractivity contribution in [3.8, 4) is 16.9 Å². The van der Waals surface area contributed by atoms with Gasteiger partial charge in [0.15, 0.2) is 0 Å². The summed E-state index contributed by atoms with van der Waals surface area (Å²) in [6, 6.07) is 9.77. The quantitative estimate of drug-likeness (QED) is 0.347. The summed E-state index contributed by atoms with van der Waals surface area (Å²) in [5.74, 6) is 0. The number of hydrogen-bond acceptors (Lipinski definition) is 5. The lowest BCUT2D eigenvalue weighted by Crippen LogP contribution is -2.37. The molecule has 0 fully saturated rings. The van der Waals surface area contributed by atoms with Crippen molar-refractivity contribution in [1.29, 1.82) is 0 Å². The number of halogens is 3. The van der Waals surface area contributed by atoms with Gasteiger partial charge in [-0.15, -0.1) is 0 Å². The Hall–Kier alpha value is -4.60. The second-order valence-electron chi connectivity index (χ2n) is 8.48. The first-order valence-corrected chi connectivity index (χ1v) is 11.0. The molecule has 0 spiro atoms. The summed E-state index contributed by atoms with van der Waals surface area (Å²) in [5, 5.41) is 0.0571. The summed E-state index contributed by atoms with van der Waals surface area (Å²) in [4.78, 5) is 39.8. The fourth-order valence-corrected chi connectivity index (χ4v) is 4.43. The summed E-state index contributed by atoms with van der Waals surface area (Å²) in [6.45, 7) is 0. The highest BCUT2D eigenvalue weighted by atomic mass is 19.4. The van der Waals surface area contributed by atoms with Gasteiger partial charge in [0.2, 0.25) is 0 Å². The minimum atomic E-state index is -4.61. The van der Waals surface area contributed by atoms with Gasteiger partial charge in [-0.3, -0.25) is 23.9 Å². The Morgan fingerprint density at radius 3 is 2.64 bits per heavy atom. The minimum Gasteiger partial charge on any atom is -0.268 e. The van der Waals surface area contributed by atoms with Gasteiger partial charge in [0, 0.05) is 31.4 Å². The number of aromatic nitrogens is 5. The first-order chi connectivity index (χ1) is 17.2. The second kappa shape index (κ2) is 7.70. The Bertz CT molecular complexity index is 1870. The maximum atomic E-state index is 13.5.